The number of rotatable bonds is 4. The van der Waals surface area contributed by atoms with Crippen molar-refractivity contribution >= 4 is 22.2 Å². The molecule has 20 heavy (non-hydrogen) atoms. The summed E-state index contributed by atoms with van der Waals surface area (Å²) in [7, 11) is 0. The average Bonchev–Trinajstić information content (AvgIpc) is 2.85. The van der Waals surface area contributed by atoms with E-state index in [1.54, 1.807) is 11.3 Å². The number of para-hydroxylation sites is 1. The van der Waals surface area contributed by atoms with Crippen LogP contribution in [0.2, 0.25) is 0 Å². The Morgan fingerprint density at radius 3 is 2.95 bits per heavy atom. The normalized spacial score (nSPS) is 11.1. The van der Waals surface area contributed by atoms with E-state index in [0.29, 0.717) is 13.1 Å². The summed E-state index contributed by atoms with van der Waals surface area (Å²) >= 11 is 1.64. The molecule has 2 N–H and O–H groups in total. The van der Waals surface area contributed by atoms with Crippen molar-refractivity contribution in [2.24, 2.45) is 0 Å². The zero-order valence-electron chi connectivity index (χ0n) is 11.1. The summed E-state index contributed by atoms with van der Waals surface area (Å²) in [6.07, 6.45) is 0. The van der Waals surface area contributed by atoms with Gasteiger partial charge in [0.1, 0.15) is 0 Å². The smallest absolute Gasteiger partial charge is 0.252 e. The molecule has 0 fully saturated rings. The molecule has 0 aliphatic carbocycles. The second-order valence-electron chi connectivity index (χ2n) is 4.67. The Hall–Kier alpha value is -1.98. The van der Waals surface area contributed by atoms with Gasteiger partial charge in [-0.1, -0.05) is 18.2 Å². The van der Waals surface area contributed by atoms with Gasteiger partial charge in [0, 0.05) is 29.5 Å². The van der Waals surface area contributed by atoms with Gasteiger partial charge in [-0.3, -0.25) is 4.79 Å². The number of H-pyrrole nitrogens is 1. The maximum atomic E-state index is 12.0. The van der Waals surface area contributed by atoms with E-state index in [4.69, 9.17) is 0 Å². The molecule has 3 aromatic rings. The molecular formula is C15H15N3OS. The first-order valence-electron chi connectivity index (χ1n) is 6.45. The van der Waals surface area contributed by atoms with Gasteiger partial charge in [0.05, 0.1) is 10.7 Å². The number of thiazole rings is 1. The number of aromatic amines is 1. The number of hydrogen-bond acceptors (Lipinski definition) is 4. The topological polar surface area (TPSA) is 57.8 Å². The largest absolute Gasteiger partial charge is 0.322 e. The molecule has 0 bridgehead atoms. The average molecular weight is 285 g/mol. The zero-order valence-corrected chi connectivity index (χ0v) is 12.0. The number of aromatic nitrogens is 2. The van der Waals surface area contributed by atoms with Crippen LogP contribution in [0.5, 0.6) is 0 Å². The van der Waals surface area contributed by atoms with Crippen molar-refractivity contribution < 1.29 is 0 Å². The Morgan fingerprint density at radius 2 is 2.15 bits per heavy atom. The van der Waals surface area contributed by atoms with Crippen LogP contribution in [0.4, 0.5) is 0 Å². The van der Waals surface area contributed by atoms with Crippen LogP contribution >= 0.6 is 11.3 Å². The lowest BCUT2D eigenvalue weighted by molar-refractivity contribution is 0.677. The van der Waals surface area contributed by atoms with Gasteiger partial charge in [0.2, 0.25) is 0 Å². The van der Waals surface area contributed by atoms with Crippen LogP contribution in [0.15, 0.2) is 40.5 Å². The fraction of sp³-hybridized carbons (Fsp3) is 0.200. The molecule has 5 heteroatoms. The Kier molecular flexibility index (Phi) is 3.62. The minimum absolute atomic E-state index is 0.0364. The van der Waals surface area contributed by atoms with Gasteiger partial charge >= 0.3 is 0 Å². The molecule has 0 aliphatic heterocycles. The lowest BCUT2D eigenvalue weighted by Crippen LogP contribution is -2.20. The predicted molar refractivity (Wildman–Crippen MR) is 82.0 cm³/mol. The molecule has 0 aliphatic rings. The van der Waals surface area contributed by atoms with E-state index in [9.17, 15) is 4.79 Å². The molecule has 0 spiro atoms. The summed E-state index contributed by atoms with van der Waals surface area (Å²) in [4.78, 5) is 19.3. The van der Waals surface area contributed by atoms with E-state index in [1.165, 1.54) is 0 Å². The Balaban J connectivity index is 1.74. The molecule has 0 unspecified atom stereocenters. The summed E-state index contributed by atoms with van der Waals surface area (Å²) in [6.45, 7) is 3.20. The lowest BCUT2D eigenvalue weighted by Gasteiger charge is -2.04. The van der Waals surface area contributed by atoms with Crippen molar-refractivity contribution in [3.63, 3.8) is 0 Å². The third kappa shape index (κ3) is 2.79. The molecule has 0 atom stereocenters. The van der Waals surface area contributed by atoms with E-state index >= 15 is 0 Å². The Labute approximate surface area is 120 Å². The van der Waals surface area contributed by atoms with Crippen molar-refractivity contribution in [1.82, 2.24) is 15.3 Å². The van der Waals surface area contributed by atoms with Gasteiger partial charge in [-0.05, 0) is 24.4 Å². The number of benzene rings is 1. The molecule has 0 saturated heterocycles. The minimum Gasteiger partial charge on any atom is -0.322 e. The lowest BCUT2D eigenvalue weighted by atomic mass is 10.1. The Morgan fingerprint density at radius 1 is 1.30 bits per heavy atom. The maximum Gasteiger partial charge on any atom is 0.252 e. The van der Waals surface area contributed by atoms with Crippen LogP contribution < -0.4 is 10.9 Å². The van der Waals surface area contributed by atoms with E-state index < -0.39 is 0 Å². The highest BCUT2D eigenvalue weighted by molar-refractivity contribution is 7.09. The van der Waals surface area contributed by atoms with Crippen molar-refractivity contribution in [1.29, 1.82) is 0 Å². The fourth-order valence-corrected chi connectivity index (χ4v) is 2.75. The van der Waals surface area contributed by atoms with Gasteiger partial charge in [-0.2, -0.15) is 0 Å². The predicted octanol–water partition coefficient (Wildman–Crippen LogP) is 2.58. The van der Waals surface area contributed by atoms with Crippen molar-refractivity contribution in [2.75, 3.05) is 0 Å². The van der Waals surface area contributed by atoms with Gasteiger partial charge < -0.3 is 10.3 Å². The summed E-state index contributed by atoms with van der Waals surface area (Å²) in [6, 6.07) is 9.73. The molecule has 1 aromatic carbocycles. The van der Waals surface area contributed by atoms with Crippen molar-refractivity contribution in [2.45, 2.75) is 20.0 Å². The molecule has 2 aromatic heterocycles. The van der Waals surface area contributed by atoms with Gasteiger partial charge in [0.15, 0.2) is 0 Å². The number of fused-ring (bicyclic) bond motifs is 1. The van der Waals surface area contributed by atoms with Crippen LogP contribution in [-0.4, -0.2) is 9.97 Å². The fourth-order valence-electron chi connectivity index (χ4n) is 2.14. The highest BCUT2D eigenvalue weighted by Crippen LogP contribution is 2.10. The van der Waals surface area contributed by atoms with Crippen molar-refractivity contribution in [3.05, 3.63) is 62.3 Å². The minimum atomic E-state index is -0.0364. The maximum absolute atomic E-state index is 12.0. The van der Waals surface area contributed by atoms with E-state index in [2.05, 4.69) is 15.3 Å². The first-order chi connectivity index (χ1) is 9.72. The molecule has 3 rings (SSSR count). The monoisotopic (exact) mass is 285 g/mol. The quantitative estimate of drug-likeness (QED) is 0.774. The second kappa shape index (κ2) is 5.56. The third-order valence-corrected chi connectivity index (χ3v) is 3.94. The zero-order chi connectivity index (χ0) is 13.9. The highest BCUT2D eigenvalue weighted by Gasteiger charge is 2.03. The first-order valence-corrected chi connectivity index (χ1v) is 7.33. The van der Waals surface area contributed by atoms with Crippen LogP contribution in [0.25, 0.3) is 10.9 Å². The van der Waals surface area contributed by atoms with Gasteiger partial charge in [0.25, 0.3) is 5.56 Å². The number of pyridine rings is 1. The number of hydrogen-bond donors (Lipinski definition) is 2. The number of nitrogens with one attached hydrogen (secondary N) is 2. The summed E-state index contributed by atoms with van der Waals surface area (Å²) in [5.41, 5.74) is 2.60. The molecule has 2 heterocycles. The summed E-state index contributed by atoms with van der Waals surface area (Å²) in [5.74, 6) is 0. The molecule has 102 valence electrons. The number of aryl methyl sites for hydroxylation is 1. The molecule has 4 nitrogen and oxygen atoms in total. The van der Waals surface area contributed by atoms with Crippen LogP contribution in [0.1, 0.15) is 16.3 Å². The summed E-state index contributed by atoms with van der Waals surface area (Å²) < 4.78 is 0. The van der Waals surface area contributed by atoms with Gasteiger partial charge in [-0.25, -0.2) is 4.98 Å². The highest BCUT2D eigenvalue weighted by atomic mass is 32.1. The SMILES string of the molecule is Cc1nc(CNCc2cc3ccccc3[nH]c2=O)cs1. The van der Waals surface area contributed by atoms with Crippen LogP contribution in [0, 0.1) is 6.92 Å². The third-order valence-electron chi connectivity index (χ3n) is 3.12. The Bertz CT molecular complexity index is 791. The second-order valence-corrected chi connectivity index (χ2v) is 5.73. The molecule has 0 amide bonds. The van der Waals surface area contributed by atoms with Crippen LogP contribution in [0.3, 0.4) is 0 Å². The summed E-state index contributed by atoms with van der Waals surface area (Å²) in [5, 5.41) is 7.41. The van der Waals surface area contributed by atoms with Gasteiger partial charge in [-0.15, -0.1) is 11.3 Å². The van der Waals surface area contributed by atoms with E-state index in [1.807, 2.05) is 42.6 Å². The van der Waals surface area contributed by atoms with Crippen molar-refractivity contribution in [3.8, 4) is 0 Å². The first kappa shape index (κ1) is 13.0. The van der Waals surface area contributed by atoms with E-state index in [-0.39, 0.29) is 5.56 Å². The number of nitrogens with zero attached hydrogens (tertiary/aromatic N) is 1. The van der Waals surface area contributed by atoms with E-state index in [0.717, 1.165) is 27.2 Å². The molecular weight excluding hydrogens is 270 g/mol. The van der Waals surface area contributed by atoms with Crippen LogP contribution in [-0.2, 0) is 13.1 Å². The molecule has 0 saturated carbocycles. The standard InChI is InChI=1S/C15H15N3OS/c1-10-17-13(9-20-10)8-16-7-12-6-11-4-2-3-5-14(11)18-15(12)19/h2-6,9,16H,7-8H2,1H3,(H,18,19). The molecule has 0 radical (unpaired) electrons.